The van der Waals surface area contributed by atoms with Crippen LogP contribution in [-0.2, 0) is 0 Å². The van der Waals surface area contributed by atoms with Crippen molar-refractivity contribution >= 4 is 43.7 Å². The molecule has 0 N–H and O–H groups in total. The second-order valence-electron chi connectivity index (χ2n) is 14.0. The molecule has 3 aromatic heterocycles. The van der Waals surface area contributed by atoms with Gasteiger partial charge in [0.2, 0.25) is 0 Å². The lowest BCUT2D eigenvalue weighted by Crippen LogP contribution is -2.00. The molecule has 0 bridgehead atoms. The Balaban J connectivity index is 0.983. The van der Waals surface area contributed by atoms with Gasteiger partial charge in [0.05, 0.1) is 11.0 Å². The summed E-state index contributed by atoms with van der Waals surface area (Å²) in [5.74, 6) is 1.94. The van der Waals surface area contributed by atoms with Gasteiger partial charge in [0.15, 0.2) is 17.5 Å². The Kier molecular flexibility index (Phi) is 7.42. The molecule has 3 heterocycles. The monoisotopic (exact) mass is 716 g/mol. The third kappa shape index (κ3) is 5.37. The molecule has 0 atom stereocenters. The zero-order valence-corrected chi connectivity index (χ0v) is 30.2. The number of hydrogen-bond donors (Lipinski definition) is 0. The molecule has 0 fully saturated rings. The normalized spacial score (nSPS) is 11.6. The van der Waals surface area contributed by atoms with Gasteiger partial charge in [-0.3, -0.25) is 0 Å². The first-order valence-electron chi connectivity index (χ1n) is 18.8. The summed E-state index contributed by atoms with van der Waals surface area (Å²) in [6, 6.07) is 67.5. The number of rotatable bonds is 6. The Morgan fingerprint density at radius 2 is 0.875 bits per heavy atom. The molecule has 0 saturated carbocycles. The maximum atomic E-state index is 6.43. The summed E-state index contributed by atoms with van der Waals surface area (Å²) in [6.07, 6.45) is 0. The smallest absolute Gasteiger partial charge is 0.164 e. The molecule has 0 aliphatic heterocycles. The predicted molar refractivity (Wildman–Crippen MR) is 229 cm³/mol. The molecule has 0 amide bonds. The van der Waals surface area contributed by atoms with Crippen LogP contribution in [0.3, 0.4) is 0 Å². The lowest BCUT2D eigenvalue weighted by atomic mass is 10.0. The number of hydrogen-bond acceptors (Lipinski definition) is 4. The second kappa shape index (κ2) is 13.0. The molecule has 0 aliphatic carbocycles. The van der Waals surface area contributed by atoms with Crippen LogP contribution in [0.5, 0.6) is 0 Å². The molecule has 11 aromatic rings. The lowest BCUT2D eigenvalue weighted by molar-refractivity contribution is 0.670. The molecule has 5 heteroatoms. The molecule has 0 unspecified atom stereocenters. The molecule has 0 aliphatic rings. The van der Waals surface area contributed by atoms with Crippen LogP contribution in [0, 0.1) is 0 Å². The van der Waals surface area contributed by atoms with Crippen LogP contribution >= 0.6 is 0 Å². The highest BCUT2D eigenvalue weighted by atomic mass is 16.3. The van der Waals surface area contributed by atoms with Gasteiger partial charge in [-0.1, -0.05) is 158 Å². The summed E-state index contributed by atoms with van der Waals surface area (Å²) >= 11 is 0. The first-order valence-corrected chi connectivity index (χ1v) is 18.8. The van der Waals surface area contributed by atoms with E-state index in [2.05, 4.69) is 126 Å². The van der Waals surface area contributed by atoms with E-state index < -0.39 is 0 Å². The van der Waals surface area contributed by atoms with Gasteiger partial charge < -0.3 is 8.98 Å². The summed E-state index contributed by atoms with van der Waals surface area (Å²) < 4.78 is 8.80. The number of benzene rings is 8. The van der Waals surface area contributed by atoms with Crippen molar-refractivity contribution in [3.63, 3.8) is 0 Å². The minimum Gasteiger partial charge on any atom is -0.455 e. The number of aromatic nitrogens is 4. The van der Waals surface area contributed by atoms with Gasteiger partial charge in [0, 0.05) is 49.5 Å². The highest BCUT2D eigenvalue weighted by molar-refractivity contribution is 6.11. The van der Waals surface area contributed by atoms with Crippen molar-refractivity contribution in [1.82, 2.24) is 19.5 Å². The minimum atomic E-state index is 0.640. The van der Waals surface area contributed by atoms with Crippen LogP contribution in [-0.4, -0.2) is 19.5 Å². The average molecular weight is 717 g/mol. The van der Waals surface area contributed by atoms with Crippen LogP contribution in [0.15, 0.2) is 199 Å². The Labute approximate surface area is 322 Å². The third-order valence-electron chi connectivity index (χ3n) is 10.7. The number of para-hydroxylation sites is 3. The largest absolute Gasteiger partial charge is 0.455 e. The standard InChI is InChI=1S/C51H32N4O/c1-3-13-34(14-4-1)49-52-50(35-15-5-2-6-16-35)54-51(53-49)36-27-25-33(26-28-36)37-29-30-46-44(32-37)41-19-7-9-23-45(41)55(46)39-18-11-17-38(31-39)40-21-12-22-43-42-20-8-10-24-47(42)56-48(40)43/h1-32H. The number of furan rings is 1. The molecule has 8 aromatic carbocycles. The van der Waals surface area contributed by atoms with Crippen LogP contribution in [0.2, 0.25) is 0 Å². The van der Waals surface area contributed by atoms with Crippen LogP contribution in [0.25, 0.3) is 106 Å². The molecular formula is C51H32N4O. The second-order valence-corrected chi connectivity index (χ2v) is 14.0. The Morgan fingerprint density at radius 1 is 0.339 bits per heavy atom. The fourth-order valence-corrected chi connectivity index (χ4v) is 7.97. The molecule has 5 nitrogen and oxygen atoms in total. The zero-order chi connectivity index (χ0) is 37.0. The van der Waals surface area contributed by atoms with Crippen molar-refractivity contribution in [3.05, 3.63) is 194 Å². The van der Waals surface area contributed by atoms with Crippen molar-refractivity contribution in [2.75, 3.05) is 0 Å². The first kappa shape index (κ1) is 31.9. The van der Waals surface area contributed by atoms with Crippen molar-refractivity contribution in [2.45, 2.75) is 0 Å². The lowest BCUT2D eigenvalue weighted by Gasteiger charge is -2.11. The van der Waals surface area contributed by atoms with E-state index in [1.165, 1.54) is 10.8 Å². The molecule has 0 spiro atoms. The minimum absolute atomic E-state index is 0.640. The van der Waals surface area contributed by atoms with Crippen LogP contribution in [0.4, 0.5) is 0 Å². The maximum absolute atomic E-state index is 6.43. The Morgan fingerprint density at radius 3 is 1.61 bits per heavy atom. The van der Waals surface area contributed by atoms with E-state index in [-0.39, 0.29) is 0 Å². The molecule has 0 radical (unpaired) electrons. The van der Waals surface area contributed by atoms with E-state index in [1.807, 2.05) is 72.8 Å². The van der Waals surface area contributed by atoms with Gasteiger partial charge >= 0.3 is 0 Å². The van der Waals surface area contributed by atoms with E-state index in [4.69, 9.17) is 19.4 Å². The summed E-state index contributed by atoms with van der Waals surface area (Å²) in [5.41, 5.74) is 12.5. The fraction of sp³-hybridized carbons (Fsp3) is 0. The molecule has 0 saturated heterocycles. The fourth-order valence-electron chi connectivity index (χ4n) is 7.97. The van der Waals surface area contributed by atoms with Crippen LogP contribution in [0.1, 0.15) is 0 Å². The van der Waals surface area contributed by atoms with Crippen LogP contribution < -0.4 is 0 Å². The zero-order valence-electron chi connectivity index (χ0n) is 30.2. The van der Waals surface area contributed by atoms with E-state index in [0.29, 0.717) is 17.5 Å². The van der Waals surface area contributed by atoms with E-state index >= 15 is 0 Å². The van der Waals surface area contributed by atoms with Crippen molar-refractivity contribution < 1.29 is 4.42 Å². The third-order valence-corrected chi connectivity index (χ3v) is 10.7. The van der Waals surface area contributed by atoms with E-state index in [0.717, 1.165) is 77.6 Å². The quantitative estimate of drug-likeness (QED) is 0.172. The molecule has 11 rings (SSSR count). The highest BCUT2D eigenvalue weighted by Crippen LogP contribution is 2.39. The maximum Gasteiger partial charge on any atom is 0.164 e. The number of fused-ring (bicyclic) bond motifs is 6. The van der Waals surface area contributed by atoms with E-state index in [1.54, 1.807) is 0 Å². The molecular weight excluding hydrogens is 685 g/mol. The van der Waals surface area contributed by atoms with Gasteiger partial charge in [-0.25, -0.2) is 15.0 Å². The van der Waals surface area contributed by atoms with Gasteiger partial charge in [-0.2, -0.15) is 0 Å². The van der Waals surface area contributed by atoms with Crippen molar-refractivity contribution in [1.29, 1.82) is 0 Å². The van der Waals surface area contributed by atoms with Crippen molar-refractivity contribution in [2.24, 2.45) is 0 Å². The van der Waals surface area contributed by atoms with Crippen molar-refractivity contribution in [3.8, 4) is 62.1 Å². The summed E-state index contributed by atoms with van der Waals surface area (Å²) in [6.45, 7) is 0. The summed E-state index contributed by atoms with van der Waals surface area (Å²) in [7, 11) is 0. The van der Waals surface area contributed by atoms with Gasteiger partial charge in [-0.15, -0.1) is 0 Å². The predicted octanol–water partition coefficient (Wildman–Crippen LogP) is 13.2. The highest BCUT2D eigenvalue weighted by Gasteiger charge is 2.17. The molecule has 56 heavy (non-hydrogen) atoms. The molecule has 262 valence electrons. The number of nitrogens with zero attached hydrogens (tertiary/aromatic N) is 4. The Bertz CT molecular complexity index is 3180. The summed E-state index contributed by atoms with van der Waals surface area (Å²) in [4.78, 5) is 14.7. The topological polar surface area (TPSA) is 56.7 Å². The van der Waals surface area contributed by atoms with Gasteiger partial charge in [-0.05, 0) is 53.1 Å². The van der Waals surface area contributed by atoms with E-state index in [9.17, 15) is 0 Å². The Hall–Kier alpha value is -7.63. The summed E-state index contributed by atoms with van der Waals surface area (Å²) in [5, 5.41) is 4.67. The van der Waals surface area contributed by atoms with Gasteiger partial charge in [0.25, 0.3) is 0 Å². The first-order chi connectivity index (χ1) is 27.7. The SMILES string of the molecule is c1ccc(-c2nc(-c3ccccc3)nc(-c3ccc(-c4ccc5c(c4)c4ccccc4n5-c4cccc(-c5cccc6c5oc5ccccc56)c4)cc3)n2)cc1. The average Bonchev–Trinajstić information content (AvgIpc) is 3.83. The van der Waals surface area contributed by atoms with Gasteiger partial charge in [0.1, 0.15) is 11.2 Å².